The molecule has 1 aromatic heterocycles. The predicted molar refractivity (Wildman–Crippen MR) is 117 cm³/mol. The number of hydrogen-bond donors (Lipinski definition) is 0. The Morgan fingerprint density at radius 2 is 1.62 bits per heavy atom. The highest BCUT2D eigenvalue weighted by atomic mass is 32.2. The summed E-state index contributed by atoms with van der Waals surface area (Å²) < 4.78 is 5.41. The Balaban J connectivity index is 1.78. The molecule has 0 N–H and O–H groups in total. The molecule has 0 atom stereocenters. The number of carbonyl (C=O) groups is 2. The van der Waals surface area contributed by atoms with E-state index in [1.807, 2.05) is 75.4 Å². The van der Waals surface area contributed by atoms with E-state index in [2.05, 4.69) is 0 Å². The predicted octanol–water partition coefficient (Wildman–Crippen LogP) is 5.42. The van der Waals surface area contributed by atoms with Crippen molar-refractivity contribution < 1.29 is 14.0 Å². The van der Waals surface area contributed by atoms with Crippen LogP contribution in [0.25, 0.3) is 5.57 Å². The normalized spacial score (nSPS) is 14.2. The number of rotatable bonds is 5. The summed E-state index contributed by atoms with van der Waals surface area (Å²) in [6, 6.07) is 17.0. The maximum Gasteiger partial charge on any atom is 0.272 e. The Kier molecular flexibility index (Phi) is 5.16. The van der Waals surface area contributed by atoms with E-state index in [4.69, 9.17) is 4.42 Å². The number of amides is 2. The van der Waals surface area contributed by atoms with Gasteiger partial charge in [-0.1, -0.05) is 41.5 Å². The van der Waals surface area contributed by atoms with E-state index in [9.17, 15) is 9.59 Å². The van der Waals surface area contributed by atoms with Gasteiger partial charge in [-0.3, -0.25) is 9.59 Å². The van der Waals surface area contributed by atoms with Crippen molar-refractivity contribution in [2.75, 3.05) is 4.90 Å². The zero-order valence-corrected chi connectivity index (χ0v) is 17.4. The smallest absolute Gasteiger partial charge is 0.272 e. The van der Waals surface area contributed by atoms with Crippen LogP contribution >= 0.6 is 11.8 Å². The maximum absolute atomic E-state index is 13.4. The Labute approximate surface area is 174 Å². The summed E-state index contributed by atoms with van der Waals surface area (Å²) in [4.78, 5) is 28.5. The van der Waals surface area contributed by atoms with Crippen LogP contribution < -0.4 is 4.90 Å². The second kappa shape index (κ2) is 7.76. The fourth-order valence-electron chi connectivity index (χ4n) is 3.44. The van der Waals surface area contributed by atoms with Crippen molar-refractivity contribution in [2.45, 2.75) is 26.5 Å². The van der Waals surface area contributed by atoms with Crippen LogP contribution in [0.3, 0.4) is 0 Å². The summed E-state index contributed by atoms with van der Waals surface area (Å²) in [6.45, 7) is 5.95. The number of thioether (sulfide) groups is 1. The molecule has 0 radical (unpaired) electrons. The average molecular weight is 404 g/mol. The van der Waals surface area contributed by atoms with E-state index in [1.54, 1.807) is 6.26 Å². The summed E-state index contributed by atoms with van der Waals surface area (Å²) in [5.41, 5.74) is 5.01. The summed E-state index contributed by atoms with van der Waals surface area (Å²) in [5, 5.41) is 0. The Bertz CT molecular complexity index is 1110. The van der Waals surface area contributed by atoms with Crippen LogP contribution in [0, 0.1) is 20.8 Å². The molecule has 146 valence electrons. The van der Waals surface area contributed by atoms with Gasteiger partial charge in [0.15, 0.2) is 0 Å². The van der Waals surface area contributed by atoms with Gasteiger partial charge >= 0.3 is 0 Å². The van der Waals surface area contributed by atoms with Crippen LogP contribution in [-0.2, 0) is 15.3 Å². The first-order valence-corrected chi connectivity index (χ1v) is 10.4. The molecule has 1 aliphatic heterocycles. The van der Waals surface area contributed by atoms with Crippen molar-refractivity contribution in [3.05, 3.63) is 93.8 Å². The van der Waals surface area contributed by atoms with Gasteiger partial charge in [0.05, 0.1) is 28.2 Å². The van der Waals surface area contributed by atoms with Crippen molar-refractivity contribution in [3.63, 3.8) is 0 Å². The first-order chi connectivity index (χ1) is 14.0. The first-order valence-electron chi connectivity index (χ1n) is 9.38. The lowest BCUT2D eigenvalue weighted by Gasteiger charge is -2.15. The van der Waals surface area contributed by atoms with Gasteiger partial charge in [-0.2, -0.15) is 0 Å². The van der Waals surface area contributed by atoms with Crippen molar-refractivity contribution in [1.29, 1.82) is 0 Å². The van der Waals surface area contributed by atoms with Gasteiger partial charge in [-0.25, -0.2) is 4.90 Å². The van der Waals surface area contributed by atoms with Crippen molar-refractivity contribution in [3.8, 4) is 0 Å². The Hall–Kier alpha value is -3.05. The van der Waals surface area contributed by atoms with Gasteiger partial charge in [0.1, 0.15) is 5.76 Å². The molecule has 2 amide bonds. The third-order valence-corrected chi connectivity index (χ3v) is 6.02. The second-order valence-corrected chi connectivity index (χ2v) is 8.16. The minimum absolute atomic E-state index is 0.284. The van der Waals surface area contributed by atoms with E-state index in [0.717, 1.165) is 28.0 Å². The van der Waals surface area contributed by atoms with Crippen LogP contribution in [0.2, 0.25) is 0 Å². The second-order valence-electron chi connectivity index (χ2n) is 7.17. The quantitative estimate of drug-likeness (QED) is 0.534. The molecule has 3 aromatic rings. The summed E-state index contributed by atoms with van der Waals surface area (Å²) in [6.07, 6.45) is 1.61. The molecule has 2 heterocycles. The van der Waals surface area contributed by atoms with Crippen LogP contribution in [0.15, 0.2) is 70.2 Å². The average Bonchev–Trinajstić information content (AvgIpc) is 3.28. The molecule has 0 aliphatic carbocycles. The van der Waals surface area contributed by atoms with Crippen LogP contribution in [-0.4, -0.2) is 11.8 Å². The van der Waals surface area contributed by atoms with E-state index in [0.29, 0.717) is 21.9 Å². The molecule has 0 saturated carbocycles. The minimum atomic E-state index is -0.287. The summed E-state index contributed by atoms with van der Waals surface area (Å²) in [5.74, 6) is 0.673. The van der Waals surface area contributed by atoms with Crippen LogP contribution in [0.4, 0.5) is 5.69 Å². The number of carbonyl (C=O) groups excluding carboxylic acids is 2. The zero-order chi connectivity index (χ0) is 20.5. The molecule has 0 saturated heterocycles. The van der Waals surface area contributed by atoms with E-state index in [-0.39, 0.29) is 11.8 Å². The fraction of sp³-hybridized carbons (Fsp3) is 0.167. The van der Waals surface area contributed by atoms with Crippen molar-refractivity contribution in [2.24, 2.45) is 0 Å². The largest absolute Gasteiger partial charge is 0.468 e. The lowest BCUT2D eigenvalue weighted by Crippen LogP contribution is -2.31. The molecule has 1 aliphatic rings. The highest BCUT2D eigenvalue weighted by Crippen LogP contribution is 2.40. The molecular formula is C24H21NO3S. The lowest BCUT2D eigenvalue weighted by atomic mass is 9.99. The van der Waals surface area contributed by atoms with E-state index in [1.165, 1.54) is 16.7 Å². The molecule has 0 bridgehead atoms. The fourth-order valence-corrected chi connectivity index (χ4v) is 4.45. The summed E-state index contributed by atoms with van der Waals surface area (Å²) >= 11 is 1.34. The maximum atomic E-state index is 13.4. The standard InChI is InChI=1S/C24H21NO3S/c1-15-6-9-18(10-7-15)25-23(26)21(20-11-8-16(2)13-17(20)3)22(24(25)27)29-14-19-5-4-12-28-19/h4-13H,14H2,1-3H3. The molecule has 0 unspecified atom stereocenters. The van der Waals surface area contributed by atoms with Gasteiger partial charge in [0.2, 0.25) is 0 Å². The topological polar surface area (TPSA) is 50.5 Å². The Morgan fingerprint density at radius 1 is 0.897 bits per heavy atom. The van der Waals surface area contributed by atoms with Crippen molar-refractivity contribution >= 4 is 34.8 Å². The molecule has 4 nitrogen and oxygen atoms in total. The number of imide groups is 1. The summed E-state index contributed by atoms with van der Waals surface area (Å²) in [7, 11) is 0. The number of furan rings is 1. The monoisotopic (exact) mass is 403 g/mol. The number of aryl methyl sites for hydroxylation is 3. The minimum Gasteiger partial charge on any atom is -0.468 e. The Morgan fingerprint density at radius 3 is 2.28 bits per heavy atom. The zero-order valence-electron chi connectivity index (χ0n) is 16.6. The van der Waals surface area contributed by atoms with Gasteiger partial charge in [0.25, 0.3) is 11.8 Å². The molecule has 0 spiro atoms. The molecule has 2 aromatic carbocycles. The molecule has 5 heteroatoms. The van der Waals surface area contributed by atoms with E-state index < -0.39 is 0 Å². The molecular weight excluding hydrogens is 382 g/mol. The first kappa shape index (κ1) is 19.3. The third-order valence-electron chi connectivity index (χ3n) is 4.92. The third kappa shape index (κ3) is 3.66. The highest BCUT2D eigenvalue weighted by Gasteiger charge is 2.40. The molecule has 29 heavy (non-hydrogen) atoms. The SMILES string of the molecule is Cc1ccc(N2C(=O)C(SCc3ccco3)=C(c3ccc(C)cc3C)C2=O)cc1. The van der Waals surface area contributed by atoms with Gasteiger partial charge in [-0.15, -0.1) is 11.8 Å². The number of benzene rings is 2. The highest BCUT2D eigenvalue weighted by molar-refractivity contribution is 8.03. The van der Waals surface area contributed by atoms with Crippen LogP contribution in [0.1, 0.15) is 28.0 Å². The number of nitrogens with zero attached hydrogens (tertiary/aromatic N) is 1. The van der Waals surface area contributed by atoms with E-state index >= 15 is 0 Å². The molecule has 0 fully saturated rings. The molecule has 4 rings (SSSR count). The number of anilines is 1. The van der Waals surface area contributed by atoms with Gasteiger partial charge in [0, 0.05) is 0 Å². The van der Waals surface area contributed by atoms with Crippen molar-refractivity contribution in [1.82, 2.24) is 0 Å². The number of hydrogen-bond acceptors (Lipinski definition) is 4. The van der Waals surface area contributed by atoms with Gasteiger partial charge < -0.3 is 4.42 Å². The van der Waals surface area contributed by atoms with Gasteiger partial charge in [-0.05, 0) is 56.2 Å². The lowest BCUT2D eigenvalue weighted by molar-refractivity contribution is -0.119. The van der Waals surface area contributed by atoms with Crippen LogP contribution in [0.5, 0.6) is 0 Å².